The van der Waals surface area contributed by atoms with Gasteiger partial charge < -0.3 is 10.1 Å². The van der Waals surface area contributed by atoms with Crippen LogP contribution in [0.15, 0.2) is 12.1 Å². The second-order valence-electron chi connectivity index (χ2n) is 4.84. The van der Waals surface area contributed by atoms with Crippen LogP contribution in [0.3, 0.4) is 0 Å². The number of methoxy groups -OCH3 is 1. The molecule has 0 fully saturated rings. The van der Waals surface area contributed by atoms with E-state index in [0.717, 1.165) is 28.4 Å². The van der Waals surface area contributed by atoms with Gasteiger partial charge >= 0.3 is 0 Å². The molecule has 1 aromatic carbocycles. The first-order valence-electron chi connectivity index (χ1n) is 6.76. The van der Waals surface area contributed by atoms with Crippen LogP contribution in [0.2, 0.25) is 0 Å². The molecule has 1 atom stereocenters. The highest BCUT2D eigenvalue weighted by Crippen LogP contribution is 2.35. The maximum absolute atomic E-state index is 5.65. The van der Waals surface area contributed by atoms with Crippen molar-refractivity contribution in [2.45, 2.75) is 33.7 Å². The minimum absolute atomic E-state index is 0.0780. The predicted molar refractivity (Wildman–Crippen MR) is 82.6 cm³/mol. The lowest BCUT2D eigenvalue weighted by Gasteiger charge is -2.21. The van der Waals surface area contributed by atoms with Crippen molar-refractivity contribution in [2.75, 3.05) is 13.7 Å². The van der Waals surface area contributed by atoms with Crippen molar-refractivity contribution in [1.29, 1.82) is 0 Å². The summed E-state index contributed by atoms with van der Waals surface area (Å²) in [4.78, 5) is 1.15. The second kappa shape index (κ2) is 6.33. The van der Waals surface area contributed by atoms with Gasteiger partial charge in [-0.25, -0.2) is 0 Å². The van der Waals surface area contributed by atoms with Crippen molar-refractivity contribution in [3.05, 3.63) is 39.4 Å². The molecule has 20 heavy (non-hydrogen) atoms. The Kier molecular flexibility index (Phi) is 4.73. The van der Waals surface area contributed by atoms with Gasteiger partial charge in [0.15, 0.2) is 0 Å². The molecule has 2 aromatic rings. The molecular formula is C15H21N3OS. The number of ether oxygens (including phenoxy) is 1. The van der Waals surface area contributed by atoms with Crippen LogP contribution in [-0.4, -0.2) is 23.2 Å². The molecule has 4 nitrogen and oxygen atoms in total. The summed E-state index contributed by atoms with van der Waals surface area (Å²) in [6.07, 6.45) is 0. The summed E-state index contributed by atoms with van der Waals surface area (Å²) in [7, 11) is 1.73. The van der Waals surface area contributed by atoms with Crippen LogP contribution < -0.4 is 10.1 Å². The quantitative estimate of drug-likeness (QED) is 0.919. The molecule has 5 heteroatoms. The van der Waals surface area contributed by atoms with Gasteiger partial charge in [0.25, 0.3) is 0 Å². The summed E-state index contributed by atoms with van der Waals surface area (Å²) in [5, 5.41) is 7.64. The molecule has 0 bridgehead atoms. The molecule has 0 radical (unpaired) electrons. The zero-order valence-corrected chi connectivity index (χ0v) is 13.5. The van der Waals surface area contributed by atoms with E-state index in [2.05, 4.69) is 47.8 Å². The van der Waals surface area contributed by atoms with Crippen molar-refractivity contribution in [3.63, 3.8) is 0 Å². The largest absolute Gasteiger partial charge is 0.496 e. The lowest BCUT2D eigenvalue weighted by Crippen LogP contribution is -2.22. The van der Waals surface area contributed by atoms with Gasteiger partial charge in [-0.3, -0.25) is 0 Å². The minimum Gasteiger partial charge on any atom is -0.496 e. The number of aromatic nitrogens is 2. The van der Waals surface area contributed by atoms with E-state index in [9.17, 15) is 0 Å². The van der Waals surface area contributed by atoms with Crippen molar-refractivity contribution >= 4 is 11.5 Å². The predicted octanol–water partition coefficient (Wildman–Crippen LogP) is 3.17. The van der Waals surface area contributed by atoms with Crippen molar-refractivity contribution in [1.82, 2.24) is 14.9 Å². The second-order valence-corrected chi connectivity index (χ2v) is 5.63. The zero-order chi connectivity index (χ0) is 14.7. The third kappa shape index (κ3) is 2.69. The van der Waals surface area contributed by atoms with Crippen LogP contribution in [-0.2, 0) is 0 Å². The summed E-state index contributed by atoms with van der Waals surface area (Å²) in [5.41, 5.74) is 4.54. The molecule has 0 saturated carbocycles. The van der Waals surface area contributed by atoms with Gasteiger partial charge in [-0.1, -0.05) is 23.5 Å². The Labute approximate surface area is 124 Å². The molecule has 0 aliphatic heterocycles. The Morgan fingerprint density at radius 2 is 2.05 bits per heavy atom. The Morgan fingerprint density at radius 3 is 2.60 bits per heavy atom. The topological polar surface area (TPSA) is 47.0 Å². The molecule has 0 saturated heterocycles. The Morgan fingerprint density at radius 1 is 1.30 bits per heavy atom. The normalized spacial score (nSPS) is 12.4. The number of nitrogens with one attached hydrogen (secondary N) is 1. The fraction of sp³-hybridized carbons (Fsp3) is 0.467. The Hall–Kier alpha value is -1.46. The highest BCUT2D eigenvalue weighted by atomic mass is 32.1. The smallest absolute Gasteiger partial charge is 0.127 e. The zero-order valence-electron chi connectivity index (χ0n) is 12.7. The van der Waals surface area contributed by atoms with Gasteiger partial charge in [0.05, 0.1) is 23.7 Å². The highest BCUT2D eigenvalue weighted by Gasteiger charge is 2.23. The minimum atomic E-state index is 0.0780. The maximum atomic E-state index is 5.65. The summed E-state index contributed by atoms with van der Waals surface area (Å²) in [6, 6.07) is 4.35. The van der Waals surface area contributed by atoms with Crippen LogP contribution in [0.25, 0.3) is 0 Å². The van der Waals surface area contributed by atoms with Crippen LogP contribution in [0.5, 0.6) is 5.75 Å². The first-order valence-corrected chi connectivity index (χ1v) is 7.53. The number of hydrogen-bond donors (Lipinski definition) is 1. The van der Waals surface area contributed by atoms with Gasteiger partial charge in [0.2, 0.25) is 0 Å². The average Bonchev–Trinajstić information content (AvgIpc) is 2.85. The summed E-state index contributed by atoms with van der Waals surface area (Å²) >= 11 is 1.44. The van der Waals surface area contributed by atoms with Crippen molar-refractivity contribution in [3.8, 4) is 5.75 Å². The fourth-order valence-electron chi connectivity index (χ4n) is 2.36. The molecule has 1 unspecified atom stereocenters. The highest BCUT2D eigenvalue weighted by molar-refractivity contribution is 7.05. The number of hydrogen-bond acceptors (Lipinski definition) is 5. The lowest BCUT2D eigenvalue weighted by molar-refractivity contribution is 0.401. The Balaban J connectivity index is 2.56. The van der Waals surface area contributed by atoms with E-state index in [-0.39, 0.29) is 6.04 Å². The van der Waals surface area contributed by atoms with Crippen LogP contribution in [0.4, 0.5) is 0 Å². The van der Waals surface area contributed by atoms with Crippen molar-refractivity contribution in [2.24, 2.45) is 0 Å². The molecule has 0 amide bonds. The molecule has 0 spiro atoms. The number of benzene rings is 1. The molecular weight excluding hydrogens is 270 g/mol. The van der Waals surface area contributed by atoms with Gasteiger partial charge in [0.1, 0.15) is 5.75 Å². The molecule has 1 aromatic heterocycles. The lowest BCUT2D eigenvalue weighted by atomic mass is 9.97. The standard InChI is InChI=1S/C15H21N3OS/c1-6-16-13(15-11(4)17-18-20-15)12-8-7-9(2)10(3)14(12)19-5/h7-8,13,16H,6H2,1-5H3. The number of rotatable bonds is 5. The molecule has 0 aliphatic rings. The van der Waals surface area contributed by atoms with Gasteiger partial charge in [-0.15, -0.1) is 5.10 Å². The van der Waals surface area contributed by atoms with Gasteiger partial charge in [0, 0.05) is 5.56 Å². The van der Waals surface area contributed by atoms with E-state index in [0.29, 0.717) is 0 Å². The molecule has 1 heterocycles. The summed E-state index contributed by atoms with van der Waals surface area (Å²) in [6.45, 7) is 9.17. The molecule has 108 valence electrons. The average molecular weight is 291 g/mol. The van der Waals surface area contributed by atoms with E-state index in [1.165, 1.54) is 22.7 Å². The van der Waals surface area contributed by atoms with E-state index < -0.39 is 0 Å². The first kappa shape index (κ1) is 14.9. The molecule has 1 N–H and O–H groups in total. The van der Waals surface area contributed by atoms with Crippen LogP contribution in [0.1, 0.15) is 40.2 Å². The SMILES string of the molecule is CCNC(c1ccc(C)c(C)c1OC)c1snnc1C. The van der Waals surface area contributed by atoms with Gasteiger partial charge in [-0.05, 0) is 50.0 Å². The van der Waals surface area contributed by atoms with E-state index in [1.807, 2.05) is 6.92 Å². The van der Waals surface area contributed by atoms with E-state index >= 15 is 0 Å². The molecule has 0 aliphatic carbocycles. The summed E-state index contributed by atoms with van der Waals surface area (Å²) < 4.78 is 9.70. The molecule has 2 rings (SSSR count). The first-order chi connectivity index (χ1) is 9.60. The van der Waals surface area contributed by atoms with E-state index in [1.54, 1.807) is 7.11 Å². The van der Waals surface area contributed by atoms with Crippen LogP contribution in [0, 0.1) is 20.8 Å². The van der Waals surface area contributed by atoms with Crippen LogP contribution >= 0.6 is 11.5 Å². The third-order valence-corrected chi connectivity index (χ3v) is 4.47. The van der Waals surface area contributed by atoms with E-state index in [4.69, 9.17) is 4.74 Å². The summed E-state index contributed by atoms with van der Waals surface area (Å²) in [5.74, 6) is 0.948. The fourth-order valence-corrected chi connectivity index (χ4v) is 3.10. The Bertz CT molecular complexity index is 595. The third-order valence-electron chi connectivity index (χ3n) is 3.58. The number of nitrogens with zero attached hydrogens (tertiary/aromatic N) is 2. The van der Waals surface area contributed by atoms with Crippen molar-refractivity contribution < 1.29 is 4.74 Å². The monoisotopic (exact) mass is 291 g/mol. The maximum Gasteiger partial charge on any atom is 0.127 e. The number of aryl methyl sites for hydroxylation is 2. The van der Waals surface area contributed by atoms with Gasteiger partial charge in [-0.2, -0.15) is 0 Å².